The molecule has 0 saturated carbocycles. The van der Waals surface area contributed by atoms with Gasteiger partial charge in [-0.3, -0.25) is 4.40 Å². The van der Waals surface area contributed by atoms with Gasteiger partial charge in [0.2, 0.25) is 0 Å². The monoisotopic (exact) mass is 393 g/mol. The summed E-state index contributed by atoms with van der Waals surface area (Å²) in [4.78, 5) is 7.29. The number of nitrogens with zero attached hydrogens (tertiary/aromatic N) is 3. The Morgan fingerprint density at radius 2 is 1.96 bits per heavy atom. The van der Waals surface area contributed by atoms with Gasteiger partial charge in [0.15, 0.2) is 0 Å². The van der Waals surface area contributed by atoms with Crippen molar-refractivity contribution in [2.75, 3.05) is 24.2 Å². The van der Waals surface area contributed by atoms with Crippen molar-refractivity contribution in [2.45, 2.75) is 25.3 Å². The first-order valence-corrected chi connectivity index (χ1v) is 10.3. The zero-order valence-corrected chi connectivity index (χ0v) is 16.9. The highest BCUT2D eigenvalue weighted by molar-refractivity contribution is 7.98. The number of pyridine rings is 1. The van der Waals surface area contributed by atoms with Crippen LogP contribution in [0.25, 0.3) is 16.8 Å². The number of imidazole rings is 1. The van der Waals surface area contributed by atoms with Gasteiger partial charge in [0.05, 0.1) is 5.02 Å². The molecule has 6 heteroatoms. The molecule has 3 rings (SSSR count). The summed E-state index contributed by atoms with van der Waals surface area (Å²) in [7, 11) is 0. The standard InChI is InChI=1S/C19H21Cl2N3S/c1-4-10-23(5-2)19-18(25-3)22-17-15(7-6-11-24(17)19)14-9-8-13(20)12-16(14)21/h6-9,11-12H,4-5,10H2,1-3H3. The zero-order valence-electron chi connectivity index (χ0n) is 14.6. The van der Waals surface area contributed by atoms with E-state index in [2.05, 4.69) is 41.7 Å². The number of anilines is 1. The molecule has 0 saturated heterocycles. The second-order valence-corrected chi connectivity index (χ2v) is 7.40. The number of halogens is 2. The molecule has 0 aliphatic rings. The Bertz CT molecular complexity index is 892. The molecule has 0 spiro atoms. The predicted octanol–water partition coefficient (Wildman–Crippen LogP) is 6.27. The molecule has 132 valence electrons. The van der Waals surface area contributed by atoms with Crippen molar-refractivity contribution in [1.82, 2.24) is 9.38 Å². The summed E-state index contributed by atoms with van der Waals surface area (Å²) in [5.74, 6) is 1.15. The lowest BCUT2D eigenvalue weighted by Crippen LogP contribution is -2.25. The van der Waals surface area contributed by atoms with Crippen molar-refractivity contribution in [3.8, 4) is 11.1 Å². The van der Waals surface area contributed by atoms with Crippen LogP contribution in [0.2, 0.25) is 10.0 Å². The highest BCUT2D eigenvalue weighted by atomic mass is 35.5. The number of aromatic nitrogens is 2. The third-order valence-corrected chi connectivity index (χ3v) is 5.39. The van der Waals surface area contributed by atoms with Crippen molar-refractivity contribution in [3.63, 3.8) is 0 Å². The highest BCUT2D eigenvalue weighted by Crippen LogP contribution is 2.37. The Morgan fingerprint density at radius 1 is 1.16 bits per heavy atom. The Kier molecular flexibility index (Phi) is 5.82. The van der Waals surface area contributed by atoms with Gasteiger partial charge in [-0.2, -0.15) is 0 Å². The molecule has 0 fully saturated rings. The largest absolute Gasteiger partial charge is 0.356 e. The van der Waals surface area contributed by atoms with Crippen LogP contribution in [0.1, 0.15) is 20.3 Å². The highest BCUT2D eigenvalue weighted by Gasteiger charge is 2.19. The van der Waals surface area contributed by atoms with E-state index < -0.39 is 0 Å². The van der Waals surface area contributed by atoms with E-state index in [0.717, 1.165) is 47.1 Å². The Hall–Kier alpha value is -1.36. The van der Waals surface area contributed by atoms with Gasteiger partial charge in [-0.1, -0.05) is 36.2 Å². The number of rotatable bonds is 6. The minimum absolute atomic E-state index is 0.634. The molecule has 0 bridgehead atoms. The molecule has 3 nitrogen and oxygen atoms in total. The molecule has 0 aliphatic heterocycles. The third kappa shape index (κ3) is 3.48. The first-order valence-electron chi connectivity index (χ1n) is 8.36. The van der Waals surface area contributed by atoms with E-state index in [1.807, 2.05) is 18.2 Å². The fraction of sp³-hybridized carbons (Fsp3) is 0.316. The third-order valence-electron chi connectivity index (χ3n) is 4.18. The van der Waals surface area contributed by atoms with Crippen LogP contribution in [0.5, 0.6) is 0 Å². The quantitative estimate of drug-likeness (QED) is 0.460. The van der Waals surface area contributed by atoms with Gasteiger partial charge in [-0.05, 0) is 43.9 Å². The van der Waals surface area contributed by atoms with Crippen LogP contribution in [-0.4, -0.2) is 28.7 Å². The molecule has 0 amide bonds. The number of hydrogen-bond donors (Lipinski definition) is 0. The fourth-order valence-corrected chi connectivity index (χ4v) is 4.16. The summed E-state index contributed by atoms with van der Waals surface area (Å²) in [5, 5.41) is 2.30. The lowest BCUT2D eigenvalue weighted by atomic mass is 10.1. The molecular formula is C19H21Cl2N3S. The maximum Gasteiger partial charge on any atom is 0.147 e. The molecule has 2 heterocycles. The fourth-order valence-electron chi connectivity index (χ4n) is 3.06. The van der Waals surface area contributed by atoms with Crippen LogP contribution >= 0.6 is 35.0 Å². The van der Waals surface area contributed by atoms with Crippen molar-refractivity contribution >= 4 is 46.4 Å². The van der Waals surface area contributed by atoms with E-state index in [0.29, 0.717) is 10.0 Å². The summed E-state index contributed by atoms with van der Waals surface area (Å²) in [5.41, 5.74) is 2.87. The second-order valence-electron chi connectivity index (χ2n) is 5.76. The number of benzene rings is 1. The molecule has 0 radical (unpaired) electrons. The minimum atomic E-state index is 0.634. The SMILES string of the molecule is CCCN(CC)c1c(SC)nc2c(-c3ccc(Cl)cc3Cl)cccn12. The second kappa shape index (κ2) is 7.90. The van der Waals surface area contributed by atoms with Crippen molar-refractivity contribution in [2.24, 2.45) is 0 Å². The lowest BCUT2D eigenvalue weighted by molar-refractivity contribution is 0.765. The van der Waals surface area contributed by atoms with Crippen molar-refractivity contribution < 1.29 is 0 Å². The van der Waals surface area contributed by atoms with E-state index in [-0.39, 0.29) is 0 Å². The summed E-state index contributed by atoms with van der Waals surface area (Å²) >= 11 is 14.2. The molecule has 0 unspecified atom stereocenters. The predicted molar refractivity (Wildman–Crippen MR) is 111 cm³/mol. The van der Waals surface area contributed by atoms with Crippen LogP contribution in [0.3, 0.4) is 0 Å². The maximum absolute atomic E-state index is 6.45. The molecule has 25 heavy (non-hydrogen) atoms. The Balaban J connectivity index is 2.25. The van der Waals surface area contributed by atoms with Crippen molar-refractivity contribution in [3.05, 3.63) is 46.6 Å². The first-order chi connectivity index (χ1) is 12.1. The molecule has 0 atom stereocenters. The summed E-state index contributed by atoms with van der Waals surface area (Å²) < 4.78 is 2.17. The molecule has 0 aliphatic carbocycles. The molecule has 0 N–H and O–H groups in total. The smallest absolute Gasteiger partial charge is 0.147 e. The van der Waals surface area contributed by atoms with E-state index >= 15 is 0 Å². The van der Waals surface area contributed by atoms with Gasteiger partial charge < -0.3 is 4.90 Å². The Labute approximate surface area is 163 Å². The molecular weight excluding hydrogens is 373 g/mol. The normalized spacial score (nSPS) is 11.2. The van der Waals surface area contributed by atoms with Gasteiger partial charge >= 0.3 is 0 Å². The number of fused-ring (bicyclic) bond motifs is 1. The van der Waals surface area contributed by atoms with E-state index in [9.17, 15) is 0 Å². The van der Waals surface area contributed by atoms with Gasteiger partial charge in [0.1, 0.15) is 16.5 Å². The number of thioether (sulfide) groups is 1. The zero-order chi connectivity index (χ0) is 18.0. The van der Waals surface area contributed by atoms with Crippen LogP contribution < -0.4 is 4.90 Å². The van der Waals surface area contributed by atoms with E-state index in [1.165, 1.54) is 0 Å². The van der Waals surface area contributed by atoms with Gasteiger partial charge in [-0.15, -0.1) is 11.8 Å². The number of hydrogen-bond acceptors (Lipinski definition) is 3. The molecule has 2 aromatic heterocycles. The Morgan fingerprint density at radius 3 is 2.60 bits per heavy atom. The average Bonchev–Trinajstić information content (AvgIpc) is 2.98. The minimum Gasteiger partial charge on any atom is -0.356 e. The van der Waals surface area contributed by atoms with Gasteiger partial charge in [0, 0.05) is 35.4 Å². The van der Waals surface area contributed by atoms with Crippen LogP contribution in [0.15, 0.2) is 41.6 Å². The molecule has 1 aromatic carbocycles. The summed E-state index contributed by atoms with van der Waals surface area (Å²) in [6.07, 6.45) is 5.24. The van der Waals surface area contributed by atoms with Crippen molar-refractivity contribution in [1.29, 1.82) is 0 Å². The summed E-state index contributed by atoms with van der Waals surface area (Å²) in [6, 6.07) is 9.69. The van der Waals surface area contributed by atoms with E-state index in [1.54, 1.807) is 17.8 Å². The molecule has 3 aromatic rings. The lowest BCUT2D eigenvalue weighted by Gasteiger charge is -2.22. The topological polar surface area (TPSA) is 20.5 Å². The maximum atomic E-state index is 6.45. The summed E-state index contributed by atoms with van der Waals surface area (Å²) in [6.45, 7) is 6.33. The van der Waals surface area contributed by atoms with Gasteiger partial charge in [-0.25, -0.2) is 4.98 Å². The van der Waals surface area contributed by atoms with Crippen LogP contribution in [0.4, 0.5) is 5.82 Å². The first kappa shape index (κ1) is 18.4. The van der Waals surface area contributed by atoms with E-state index in [4.69, 9.17) is 28.2 Å². The van der Waals surface area contributed by atoms with Crippen LogP contribution in [0, 0.1) is 0 Å². The van der Waals surface area contributed by atoms with Gasteiger partial charge in [0.25, 0.3) is 0 Å². The van der Waals surface area contributed by atoms with Crippen LogP contribution in [-0.2, 0) is 0 Å². The average molecular weight is 394 g/mol.